The molecule has 104 valence electrons. The van der Waals surface area contributed by atoms with Gasteiger partial charge in [0, 0.05) is 11.9 Å². The Morgan fingerprint density at radius 1 is 1.20 bits per heavy atom. The molecule has 0 fully saturated rings. The van der Waals surface area contributed by atoms with Crippen LogP contribution in [0.2, 0.25) is 0 Å². The molecule has 0 unspecified atom stereocenters. The van der Waals surface area contributed by atoms with E-state index in [4.69, 9.17) is 0 Å². The Kier molecular flexibility index (Phi) is 4.35. The number of para-hydroxylation sites is 1. The van der Waals surface area contributed by atoms with Gasteiger partial charge in [-0.2, -0.15) is 0 Å². The first-order valence-electron chi connectivity index (χ1n) is 6.72. The third kappa shape index (κ3) is 2.79. The molecule has 1 aromatic carbocycles. The van der Waals surface area contributed by atoms with Crippen molar-refractivity contribution in [3.05, 3.63) is 53.3 Å². The highest BCUT2D eigenvalue weighted by Gasteiger charge is 2.14. The molecule has 1 amide bonds. The fraction of sp³-hybridized carbons (Fsp3) is 0.250. The molecule has 0 saturated carbocycles. The van der Waals surface area contributed by atoms with E-state index in [0.717, 1.165) is 29.7 Å². The van der Waals surface area contributed by atoms with Gasteiger partial charge in [-0.25, -0.2) is 0 Å². The van der Waals surface area contributed by atoms with Gasteiger partial charge in [0.05, 0.1) is 11.8 Å². The normalized spacial score (nSPS) is 10.3. The second-order valence-corrected chi connectivity index (χ2v) is 4.51. The molecule has 0 bridgehead atoms. The molecule has 0 aliphatic rings. The van der Waals surface area contributed by atoms with Crippen molar-refractivity contribution in [2.24, 2.45) is 0 Å². The van der Waals surface area contributed by atoms with Gasteiger partial charge in [0.1, 0.15) is 5.75 Å². The van der Waals surface area contributed by atoms with Crippen LogP contribution in [0, 0.1) is 0 Å². The van der Waals surface area contributed by atoms with E-state index in [1.807, 2.05) is 32.0 Å². The van der Waals surface area contributed by atoms with Gasteiger partial charge in [-0.05, 0) is 30.0 Å². The molecule has 0 saturated heterocycles. The second kappa shape index (κ2) is 6.19. The van der Waals surface area contributed by atoms with Gasteiger partial charge in [0.15, 0.2) is 0 Å². The molecule has 2 rings (SSSR count). The number of nitrogens with zero attached hydrogens (tertiary/aromatic N) is 1. The zero-order chi connectivity index (χ0) is 14.5. The molecule has 2 N–H and O–H groups in total. The van der Waals surface area contributed by atoms with Crippen LogP contribution in [-0.4, -0.2) is 16.0 Å². The Labute approximate surface area is 118 Å². The Morgan fingerprint density at radius 2 is 1.85 bits per heavy atom. The summed E-state index contributed by atoms with van der Waals surface area (Å²) in [7, 11) is 0. The number of aromatic hydroxyl groups is 1. The number of hydrogen-bond acceptors (Lipinski definition) is 3. The van der Waals surface area contributed by atoms with E-state index in [-0.39, 0.29) is 17.2 Å². The molecule has 0 radical (unpaired) electrons. The van der Waals surface area contributed by atoms with E-state index in [1.54, 1.807) is 0 Å². The Balaban J connectivity index is 2.35. The average Bonchev–Trinajstić information content (AvgIpc) is 2.47. The van der Waals surface area contributed by atoms with E-state index in [0.29, 0.717) is 0 Å². The van der Waals surface area contributed by atoms with Crippen LogP contribution in [0.5, 0.6) is 5.75 Å². The van der Waals surface area contributed by atoms with Crippen molar-refractivity contribution in [3.8, 4) is 5.75 Å². The maximum atomic E-state index is 12.3. The van der Waals surface area contributed by atoms with Gasteiger partial charge in [-0.1, -0.05) is 32.0 Å². The SMILES string of the molecule is CCc1cccc(CC)c1NC(=O)c1ccncc1O. The standard InChI is InChI=1S/C16H18N2O2/c1-3-11-6-5-7-12(4-2)15(11)18-16(20)13-8-9-17-10-14(13)19/h5-10,19H,3-4H2,1-2H3,(H,18,20). The number of pyridine rings is 1. The maximum absolute atomic E-state index is 12.3. The van der Waals surface area contributed by atoms with Gasteiger partial charge in [-0.3, -0.25) is 9.78 Å². The minimum atomic E-state index is -0.319. The number of carbonyl (C=O) groups excluding carboxylic acids is 1. The first kappa shape index (κ1) is 14.1. The Hall–Kier alpha value is -2.36. The van der Waals surface area contributed by atoms with Crippen molar-refractivity contribution in [1.82, 2.24) is 4.98 Å². The summed E-state index contributed by atoms with van der Waals surface area (Å²) in [6, 6.07) is 7.50. The largest absolute Gasteiger partial charge is 0.505 e. The number of benzene rings is 1. The maximum Gasteiger partial charge on any atom is 0.259 e. The fourth-order valence-corrected chi connectivity index (χ4v) is 2.16. The van der Waals surface area contributed by atoms with E-state index in [2.05, 4.69) is 10.3 Å². The first-order valence-corrected chi connectivity index (χ1v) is 6.72. The highest BCUT2D eigenvalue weighted by Crippen LogP contribution is 2.24. The van der Waals surface area contributed by atoms with Crippen LogP contribution >= 0.6 is 0 Å². The molecular weight excluding hydrogens is 252 g/mol. The number of nitrogens with one attached hydrogen (secondary N) is 1. The average molecular weight is 270 g/mol. The summed E-state index contributed by atoms with van der Waals surface area (Å²) in [6.07, 6.45) is 4.43. The number of hydrogen-bond donors (Lipinski definition) is 2. The number of amides is 1. The van der Waals surface area contributed by atoms with Gasteiger partial charge >= 0.3 is 0 Å². The summed E-state index contributed by atoms with van der Waals surface area (Å²) in [5.74, 6) is -0.433. The van der Waals surface area contributed by atoms with Gasteiger partial charge < -0.3 is 10.4 Å². The predicted molar refractivity (Wildman–Crippen MR) is 79.1 cm³/mol. The number of aromatic nitrogens is 1. The fourth-order valence-electron chi connectivity index (χ4n) is 2.16. The van der Waals surface area contributed by atoms with Crippen LogP contribution in [0.4, 0.5) is 5.69 Å². The molecule has 1 heterocycles. The summed E-state index contributed by atoms with van der Waals surface area (Å²) in [5.41, 5.74) is 3.25. The molecule has 1 aromatic heterocycles. The summed E-state index contributed by atoms with van der Waals surface area (Å²) >= 11 is 0. The van der Waals surface area contributed by atoms with E-state index < -0.39 is 0 Å². The van der Waals surface area contributed by atoms with Crippen molar-refractivity contribution in [3.63, 3.8) is 0 Å². The summed E-state index contributed by atoms with van der Waals surface area (Å²) in [5, 5.41) is 12.6. The number of anilines is 1. The highest BCUT2D eigenvalue weighted by molar-refractivity contribution is 6.06. The van der Waals surface area contributed by atoms with E-state index in [1.165, 1.54) is 18.5 Å². The van der Waals surface area contributed by atoms with Crippen LogP contribution in [0.3, 0.4) is 0 Å². The Morgan fingerprint density at radius 3 is 2.40 bits per heavy atom. The van der Waals surface area contributed by atoms with Crippen LogP contribution in [0.15, 0.2) is 36.7 Å². The predicted octanol–water partition coefficient (Wildman–Crippen LogP) is 3.16. The molecular formula is C16H18N2O2. The minimum absolute atomic E-state index is 0.114. The molecule has 0 aliphatic heterocycles. The lowest BCUT2D eigenvalue weighted by molar-refractivity contribution is 0.102. The highest BCUT2D eigenvalue weighted by atomic mass is 16.3. The van der Waals surface area contributed by atoms with Crippen molar-refractivity contribution in [2.75, 3.05) is 5.32 Å². The third-order valence-corrected chi connectivity index (χ3v) is 3.28. The first-order chi connectivity index (χ1) is 9.67. The minimum Gasteiger partial charge on any atom is -0.505 e. The van der Waals surface area contributed by atoms with Crippen molar-refractivity contribution in [1.29, 1.82) is 0 Å². The third-order valence-electron chi connectivity index (χ3n) is 3.28. The van der Waals surface area contributed by atoms with Crippen LogP contribution < -0.4 is 5.32 Å². The van der Waals surface area contributed by atoms with Gasteiger partial charge in [0.2, 0.25) is 0 Å². The zero-order valence-corrected chi connectivity index (χ0v) is 11.7. The smallest absolute Gasteiger partial charge is 0.259 e. The van der Waals surface area contributed by atoms with Crippen LogP contribution in [0.25, 0.3) is 0 Å². The Bertz CT molecular complexity index is 601. The van der Waals surface area contributed by atoms with Gasteiger partial charge in [0.25, 0.3) is 5.91 Å². The summed E-state index contributed by atoms with van der Waals surface area (Å²) in [4.78, 5) is 16.0. The molecule has 20 heavy (non-hydrogen) atoms. The molecule has 0 atom stereocenters. The van der Waals surface area contributed by atoms with Crippen molar-refractivity contribution >= 4 is 11.6 Å². The zero-order valence-electron chi connectivity index (χ0n) is 11.7. The molecule has 4 nitrogen and oxygen atoms in total. The lowest BCUT2D eigenvalue weighted by Gasteiger charge is -2.14. The number of carbonyl (C=O) groups is 1. The quantitative estimate of drug-likeness (QED) is 0.897. The lowest BCUT2D eigenvalue weighted by atomic mass is 10.0. The monoisotopic (exact) mass is 270 g/mol. The summed E-state index contributed by atoms with van der Waals surface area (Å²) in [6.45, 7) is 4.10. The van der Waals surface area contributed by atoms with Gasteiger partial charge in [-0.15, -0.1) is 0 Å². The number of rotatable bonds is 4. The topological polar surface area (TPSA) is 62.2 Å². The molecule has 4 heteroatoms. The van der Waals surface area contributed by atoms with E-state index in [9.17, 15) is 9.90 Å². The lowest BCUT2D eigenvalue weighted by Crippen LogP contribution is -2.15. The summed E-state index contributed by atoms with van der Waals surface area (Å²) < 4.78 is 0. The molecule has 0 spiro atoms. The molecule has 0 aliphatic carbocycles. The second-order valence-electron chi connectivity index (χ2n) is 4.51. The number of aryl methyl sites for hydroxylation is 2. The van der Waals surface area contributed by atoms with Crippen molar-refractivity contribution < 1.29 is 9.90 Å². The van der Waals surface area contributed by atoms with Crippen molar-refractivity contribution in [2.45, 2.75) is 26.7 Å². The van der Waals surface area contributed by atoms with Crippen LogP contribution in [0.1, 0.15) is 35.3 Å². The van der Waals surface area contributed by atoms with E-state index >= 15 is 0 Å². The van der Waals surface area contributed by atoms with Crippen LogP contribution in [-0.2, 0) is 12.8 Å². The molecule has 2 aromatic rings.